The fraction of sp³-hybridized carbons (Fsp3) is 0.882. The number of ether oxygens (including phenoxy) is 1. The molecule has 0 aromatic rings. The first-order chi connectivity index (χ1) is 10.7. The smallest absolute Gasteiger partial charge is 0.407 e. The van der Waals surface area contributed by atoms with E-state index in [-0.39, 0.29) is 0 Å². The summed E-state index contributed by atoms with van der Waals surface area (Å²) in [6.45, 7) is 11.2. The van der Waals surface area contributed by atoms with Gasteiger partial charge in [-0.1, -0.05) is 33.1 Å². The lowest BCUT2D eigenvalue weighted by Crippen LogP contribution is -2.46. The Balaban J connectivity index is 4.52. The van der Waals surface area contributed by atoms with Crippen molar-refractivity contribution in [2.75, 3.05) is 19.6 Å². The predicted molar refractivity (Wildman–Crippen MR) is 91.7 cm³/mol. The quantitative estimate of drug-likeness (QED) is 0.608. The molecule has 136 valence electrons. The van der Waals surface area contributed by atoms with Gasteiger partial charge in [0.25, 0.3) is 0 Å². The lowest BCUT2D eigenvalue weighted by molar-refractivity contribution is -0.143. The molecule has 0 aliphatic heterocycles. The first kappa shape index (κ1) is 21.7. The van der Waals surface area contributed by atoms with E-state index in [1.54, 1.807) is 0 Å². The number of carbonyl (C=O) groups is 2. The van der Waals surface area contributed by atoms with Gasteiger partial charge in [-0.3, -0.25) is 9.69 Å². The lowest BCUT2D eigenvalue weighted by atomic mass is 10.1. The molecule has 6 heteroatoms. The fourth-order valence-electron chi connectivity index (χ4n) is 2.26. The van der Waals surface area contributed by atoms with E-state index in [1.807, 2.05) is 25.7 Å². The summed E-state index contributed by atoms with van der Waals surface area (Å²) < 4.78 is 5.19. The maximum atomic E-state index is 11.7. The standard InChI is InChI=1S/C17H34N2O4/c1-6-8-10-14(15(20)21)19(12-9-7-2)13-11-18-16(22)23-17(3,4)5/h14H,6-13H2,1-5H3,(H,18,22)(H,20,21). The minimum Gasteiger partial charge on any atom is -0.480 e. The fourth-order valence-corrected chi connectivity index (χ4v) is 2.26. The van der Waals surface area contributed by atoms with Crippen LogP contribution in [0.2, 0.25) is 0 Å². The third-order valence-electron chi connectivity index (χ3n) is 3.42. The maximum absolute atomic E-state index is 11.7. The van der Waals surface area contributed by atoms with E-state index < -0.39 is 23.7 Å². The van der Waals surface area contributed by atoms with E-state index >= 15 is 0 Å². The monoisotopic (exact) mass is 330 g/mol. The molecule has 0 heterocycles. The number of carboxylic acids is 1. The first-order valence-corrected chi connectivity index (χ1v) is 8.65. The molecule has 0 aromatic carbocycles. The van der Waals surface area contributed by atoms with Crippen LogP contribution in [-0.2, 0) is 9.53 Å². The van der Waals surface area contributed by atoms with E-state index in [9.17, 15) is 14.7 Å². The summed E-state index contributed by atoms with van der Waals surface area (Å²) >= 11 is 0. The molecule has 6 nitrogen and oxygen atoms in total. The van der Waals surface area contributed by atoms with Crippen LogP contribution in [0.4, 0.5) is 4.79 Å². The number of amides is 1. The SMILES string of the molecule is CCCCC(C(=O)O)N(CCCC)CCNC(=O)OC(C)(C)C. The highest BCUT2D eigenvalue weighted by Gasteiger charge is 2.24. The van der Waals surface area contributed by atoms with Gasteiger partial charge in [0.1, 0.15) is 11.6 Å². The molecule has 23 heavy (non-hydrogen) atoms. The van der Waals surface area contributed by atoms with Crippen molar-refractivity contribution in [3.8, 4) is 0 Å². The summed E-state index contributed by atoms with van der Waals surface area (Å²) in [5.41, 5.74) is -0.531. The van der Waals surface area contributed by atoms with Crippen LogP contribution in [0, 0.1) is 0 Å². The van der Waals surface area contributed by atoms with Gasteiger partial charge < -0.3 is 15.2 Å². The Kier molecular flexibility index (Phi) is 10.6. The van der Waals surface area contributed by atoms with Crippen LogP contribution in [0.5, 0.6) is 0 Å². The predicted octanol–water partition coefficient (Wildman–Crippen LogP) is 3.26. The minimum absolute atomic E-state index is 0.383. The zero-order chi connectivity index (χ0) is 17.9. The topological polar surface area (TPSA) is 78.9 Å². The molecule has 1 unspecified atom stereocenters. The molecule has 0 fully saturated rings. The molecule has 0 aliphatic carbocycles. The number of carbonyl (C=O) groups excluding carboxylic acids is 1. The molecule has 0 saturated heterocycles. The molecule has 2 N–H and O–H groups in total. The molecule has 0 aliphatic rings. The highest BCUT2D eigenvalue weighted by Crippen LogP contribution is 2.11. The number of hydrogen-bond donors (Lipinski definition) is 2. The van der Waals surface area contributed by atoms with E-state index in [4.69, 9.17) is 4.74 Å². The Morgan fingerprint density at radius 1 is 1.13 bits per heavy atom. The van der Waals surface area contributed by atoms with Gasteiger partial charge in [0.2, 0.25) is 0 Å². The minimum atomic E-state index is -0.785. The van der Waals surface area contributed by atoms with E-state index in [1.165, 1.54) is 0 Å². The molecule has 0 spiro atoms. The number of hydrogen-bond acceptors (Lipinski definition) is 4. The van der Waals surface area contributed by atoms with Gasteiger partial charge in [0.15, 0.2) is 0 Å². The Morgan fingerprint density at radius 2 is 1.74 bits per heavy atom. The van der Waals surface area contributed by atoms with Crippen LogP contribution in [0.15, 0.2) is 0 Å². The van der Waals surface area contributed by atoms with Crippen molar-refractivity contribution in [1.82, 2.24) is 10.2 Å². The van der Waals surface area contributed by atoms with Gasteiger partial charge >= 0.3 is 12.1 Å². The van der Waals surface area contributed by atoms with Gasteiger partial charge in [0, 0.05) is 13.1 Å². The van der Waals surface area contributed by atoms with Crippen molar-refractivity contribution in [3.05, 3.63) is 0 Å². The zero-order valence-corrected chi connectivity index (χ0v) is 15.4. The number of alkyl carbamates (subject to hydrolysis) is 1. The number of rotatable bonds is 11. The van der Waals surface area contributed by atoms with Gasteiger partial charge in [-0.25, -0.2) is 4.79 Å². The van der Waals surface area contributed by atoms with Crippen molar-refractivity contribution in [1.29, 1.82) is 0 Å². The molecule has 1 atom stereocenters. The Bertz CT molecular complexity index is 353. The van der Waals surface area contributed by atoms with Crippen molar-refractivity contribution < 1.29 is 19.4 Å². The molecule has 0 bridgehead atoms. The molecule has 1 amide bonds. The van der Waals surface area contributed by atoms with Gasteiger partial charge in [-0.15, -0.1) is 0 Å². The number of nitrogens with zero attached hydrogens (tertiary/aromatic N) is 1. The molecule has 0 aromatic heterocycles. The van der Waals surface area contributed by atoms with E-state index in [0.29, 0.717) is 19.5 Å². The van der Waals surface area contributed by atoms with Crippen LogP contribution in [0.25, 0.3) is 0 Å². The molecular formula is C17H34N2O4. The molecule has 0 radical (unpaired) electrons. The van der Waals surface area contributed by atoms with Crippen molar-refractivity contribution in [2.24, 2.45) is 0 Å². The van der Waals surface area contributed by atoms with E-state index in [2.05, 4.69) is 19.2 Å². The summed E-state index contributed by atoms with van der Waals surface area (Å²) in [7, 11) is 0. The lowest BCUT2D eigenvalue weighted by Gasteiger charge is -2.29. The van der Waals surface area contributed by atoms with Crippen molar-refractivity contribution >= 4 is 12.1 Å². The summed E-state index contributed by atoms with van der Waals surface area (Å²) in [6.07, 6.45) is 3.99. The van der Waals surface area contributed by atoms with Crippen LogP contribution >= 0.6 is 0 Å². The van der Waals surface area contributed by atoms with Crippen molar-refractivity contribution in [2.45, 2.75) is 78.4 Å². The normalized spacial score (nSPS) is 13.0. The van der Waals surface area contributed by atoms with Crippen LogP contribution < -0.4 is 5.32 Å². The number of aliphatic carboxylic acids is 1. The zero-order valence-electron chi connectivity index (χ0n) is 15.4. The second-order valence-corrected chi connectivity index (χ2v) is 6.81. The number of carboxylic acid groups (broad SMARTS) is 1. The van der Waals surface area contributed by atoms with Gasteiger partial charge in [-0.05, 0) is 40.2 Å². The average Bonchev–Trinajstić information content (AvgIpc) is 2.41. The average molecular weight is 330 g/mol. The van der Waals surface area contributed by atoms with Crippen LogP contribution in [0.1, 0.15) is 66.7 Å². The van der Waals surface area contributed by atoms with Crippen LogP contribution in [0.3, 0.4) is 0 Å². The maximum Gasteiger partial charge on any atom is 0.407 e. The summed E-state index contributed by atoms with van der Waals surface area (Å²) in [6, 6.07) is -0.484. The Morgan fingerprint density at radius 3 is 2.22 bits per heavy atom. The van der Waals surface area contributed by atoms with Crippen molar-refractivity contribution in [3.63, 3.8) is 0 Å². The summed E-state index contributed by atoms with van der Waals surface area (Å²) in [5.74, 6) is -0.785. The highest BCUT2D eigenvalue weighted by atomic mass is 16.6. The van der Waals surface area contributed by atoms with Gasteiger partial charge in [0.05, 0.1) is 0 Å². The largest absolute Gasteiger partial charge is 0.480 e. The Labute approximate surface area is 140 Å². The second kappa shape index (κ2) is 11.3. The highest BCUT2D eigenvalue weighted by molar-refractivity contribution is 5.73. The third kappa shape index (κ3) is 11.0. The molecule has 0 rings (SSSR count). The summed E-state index contributed by atoms with van der Waals surface area (Å²) in [4.78, 5) is 25.2. The summed E-state index contributed by atoms with van der Waals surface area (Å²) in [5, 5.41) is 12.2. The number of unbranched alkanes of at least 4 members (excludes halogenated alkanes) is 2. The van der Waals surface area contributed by atoms with Gasteiger partial charge in [-0.2, -0.15) is 0 Å². The second-order valence-electron chi connectivity index (χ2n) is 6.81. The first-order valence-electron chi connectivity index (χ1n) is 8.65. The van der Waals surface area contributed by atoms with E-state index in [0.717, 1.165) is 32.2 Å². The molecular weight excluding hydrogens is 296 g/mol. The molecule has 0 saturated carbocycles. The van der Waals surface area contributed by atoms with Crippen LogP contribution in [-0.4, -0.2) is 53.3 Å². The number of nitrogens with one attached hydrogen (secondary N) is 1. The third-order valence-corrected chi connectivity index (χ3v) is 3.42. The Hall–Kier alpha value is -1.30.